The Morgan fingerprint density at radius 3 is 2.19 bits per heavy atom. The summed E-state index contributed by atoms with van der Waals surface area (Å²) in [6.45, 7) is 7.54. The lowest BCUT2D eigenvalue weighted by molar-refractivity contribution is 0.249. The van der Waals surface area contributed by atoms with Gasteiger partial charge in [0.15, 0.2) is 0 Å². The average Bonchev–Trinajstić information content (AvgIpc) is 2.26. The monoisotopic (exact) mass is 220 g/mol. The Labute approximate surface area is 99.7 Å². The fraction of sp³-hybridized carbons (Fsp3) is 0.571. The maximum absolute atomic E-state index is 3.56. The van der Waals surface area contributed by atoms with Crippen molar-refractivity contribution in [2.45, 2.75) is 32.9 Å². The highest BCUT2D eigenvalue weighted by Crippen LogP contribution is 2.20. The Kier molecular flexibility index (Phi) is 4.97. The number of nitrogens with zero attached hydrogens (tertiary/aromatic N) is 1. The Hall–Kier alpha value is -0.860. The normalized spacial score (nSPS) is 15.1. The van der Waals surface area contributed by atoms with Gasteiger partial charge in [0.2, 0.25) is 0 Å². The van der Waals surface area contributed by atoms with Crippen molar-refractivity contribution < 1.29 is 0 Å². The van der Waals surface area contributed by atoms with E-state index in [1.54, 1.807) is 0 Å². The molecule has 1 aromatic carbocycles. The minimum atomic E-state index is 0.403. The molecule has 16 heavy (non-hydrogen) atoms. The van der Waals surface area contributed by atoms with Crippen LogP contribution in [0.2, 0.25) is 0 Å². The zero-order valence-corrected chi connectivity index (χ0v) is 11.1. The van der Waals surface area contributed by atoms with E-state index in [-0.39, 0.29) is 0 Å². The third-order valence-electron chi connectivity index (χ3n) is 3.16. The van der Waals surface area contributed by atoms with Gasteiger partial charge in [0.25, 0.3) is 0 Å². The number of hydrogen-bond donors (Lipinski definition) is 1. The summed E-state index contributed by atoms with van der Waals surface area (Å²) in [6, 6.07) is 9.71. The van der Waals surface area contributed by atoms with Crippen molar-refractivity contribution in [1.29, 1.82) is 0 Å². The van der Waals surface area contributed by atoms with Crippen LogP contribution in [-0.2, 0) is 0 Å². The van der Waals surface area contributed by atoms with E-state index < -0.39 is 0 Å². The summed E-state index contributed by atoms with van der Waals surface area (Å²) in [6.07, 6.45) is 0. The van der Waals surface area contributed by atoms with Crippen LogP contribution in [0.25, 0.3) is 0 Å². The van der Waals surface area contributed by atoms with E-state index in [4.69, 9.17) is 0 Å². The van der Waals surface area contributed by atoms with Gasteiger partial charge in [0.05, 0.1) is 0 Å². The number of aryl methyl sites for hydroxylation is 1. The van der Waals surface area contributed by atoms with Gasteiger partial charge in [-0.25, -0.2) is 0 Å². The van der Waals surface area contributed by atoms with Crippen molar-refractivity contribution in [2.24, 2.45) is 0 Å². The first-order valence-corrected chi connectivity index (χ1v) is 6.02. The second-order valence-electron chi connectivity index (χ2n) is 4.65. The lowest BCUT2D eigenvalue weighted by atomic mass is 9.98. The highest BCUT2D eigenvalue weighted by molar-refractivity contribution is 5.25. The van der Waals surface area contributed by atoms with E-state index in [2.05, 4.69) is 69.3 Å². The van der Waals surface area contributed by atoms with Crippen LogP contribution in [0.5, 0.6) is 0 Å². The molecule has 0 bridgehead atoms. The van der Waals surface area contributed by atoms with Gasteiger partial charge in [-0.3, -0.25) is 0 Å². The lowest BCUT2D eigenvalue weighted by Gasteiger charge is -2.30. The molecule has 0 radical (unpaired) electrons. The molecule has 0 fully saturated rings. The molecular formula is C14H24N2. The van der Waals surface area contributed by atoms with E-state index in [1.807, 2.05) is 0 Å². The smallest absolute Gasteiger partial charge is 0.0475 e. The molecule has 0 aliphatic carbocycles. The highest BCUT2D eigenvalue weighted by Gasteiger charge is 2.19. The zero-order valence-electron chi connectivity index (χ0n) is 11.1. The molecule has 2 heteroatoms. The summed E-state index contributed by atoms with van der Waals surface area (Å²) in [5, 5.41) is 3.56. The lowest BCUT2D eigenvalue weighted by Crippen LogP contribution is -2.39. The molecule has 1 N–H and O–H groups in total. The van der Waals surface area contributed by atoms with Crippen LogP contribution >= 0.6 is 0 Å². The number of likely N-dealkylation sites (N-methyl/N-ethyl adjacent to an activating group) is 2. The first-order valence-electron chi connectivity index (χ1n) is 6.02. The van der Waals surface area contributed by atoms with Gasteiger partial charge in [-0.1, -0.05) is 36.8 Å². The predicted molar refractivity (Wildman–Crippen MR) is 70.7 cm³/mol. The van der Waals surface area contributed by atoms with E-state index in [1.165, 1.54) is 11.1 Å². The SMILES string of the molecule is CCNC(c1ccc(C)cc1)C(C)N(C)C. The molecule has 0 amide bonds. The summed E-state index contributed by atoms with van der Waals surface area (Å²) in [4.78, 5) is 2.26. The summed E-state index contributed by atoms with van der Waals surface area (Å²) in [7, 11) is 4.26. The van der Waals surface area contributed by atoms with Gasteiger partial charge < -0.3 is 10.2 Å². The van der Waals surface area contributed by atoms with Crippen molar-refractivity contribution in [3.05, 3.63) is 35.4 Å². The summed E-state index contributed by atoms with van der Waals surface area (Å²) in [5.74, 6) is 0. The maximum Gasteiger partial charge on any atom is 0.0475 e. The molecule has 2 atom stereocenters. The molecule has 0 aliphatic heterocycles. The topological polar surface area (TPSA) is 15.3 Å². The van der Waals surface area contributed by atoms with Gasteiger partial charge in [-0.05, 0) is 40.1 Å². The van der Waals surface area contributed by atoms with Gasteiger partial charge in [0, 0.05) is 12.1 Å². The van der Waals surface area contributed by atoms with Crippen molar-refractivity contribution in [1.82, 2.24) is 10.2 Å². The van der Waals surface area contributed by atoms with E-state index >= 15 is 0 Å². The molecule has 2 nitrogen and oxygen atoms in total. The minimum absolute atomic E-state index is 0.403. The molecule has 90 valence electrons. The maximum atomic E-state index is 3.56. The van der Waals surface area contributed by atoms with Crippen LogP contribution in [-0.4, -0.2) is 31.6 Å². The van der Waals surface area contributed by atoms with Gasteiger partial charge in [-0.2, -0.15) is 0 Å². The summed E-state index contributed by atoms with van der Waals surface area (Å²) >= 11 is 0. The molecule has 0 saturated heterocycles. The Balaban J connectivity index is 2.88. The predicted octanol–water partition coefficient (Wildman–Crippen LogP) is 2.60. The highest BCUT2D eigenvalue weighted by atomic mass is 15.1. The van der Waals surface area contributed by atoms with Crippen molar-refractivity contribution in [3.63, 3.8) is 0 Å². The number of benzene rings is 1. The summed E-state index contributed by atoms with van der Waals surface area (Å²) < 4.78 is 0. The molecule has 1 aromatic rings. The molecule has 0 aromatic heterocycles. The summed E-state index contributed by atoms with van der Waals surface area (Å²) in [5.41, 5.74) is 2.69. The Morgan fingerprint density at radius 2 is 1.75 bits per heavy atom. The van der Waals surface area contributed by atoms with Crippen molar-refractivity contribution in [2.75, 3.05) is 20.6 Å². The molecule has 0 saturated carbocycles. The van der Waals surface area contributed by atoms with E-state index in [9.17, 15) is 0 Å². The quantitative estimate of drug-likeness (QED) is 0.820. The molecule has 0 spiro atoms. The van der Waals surface area contributed by atoms with E-state index in [0.29, 0.717) is 12.1 Å². The Morgan fingerprint density at radius 1 is 1.19 bits per heavy atom. The molecule has 0 aliphatic rings. The second kappa shape index (κ2) is 6.02. The van der Waals surface area contributed by atoms with Crippen molar-refractivity contribution in [3.8, 4) is 0 Å². The first-order chi connectivity index (χ1) is 7.56. The molecule has 1 rings (SSSR count). The van der Waals surface area contributed by atoms with Gasteiger partial charge >= 0.3 is 0 Å². The van der Waals surface area contributed by atoms with Crippen LogP contribution in [0.3, 0.4) is 0 Å². The number of rotatable bonds is 5. The van der Waals surface area contributed by atoms with Gasteiger partial charge in [0.1, 0.15) is 0 Å². The van der Waals surface area contributed by atoms with E-state index in [0.717, 1.165) is 6.54 Å². The van der Waals surface area contributed by atoms with Crippen LogP contribution in [0.1, 0.15) is 31.0 Å². The standard InChI is InChI=1S/C14H24N2/c1-6-15-14(12(3)16(4)5)13-9-7-11(2)8-10-13/h7-10,12,14-15H,6H2,1-5H3. The molecule has 2 unspecified atom stereocenters. The first kappa shape index (κ1) is 13.2. The number of nitrogens with one attached hydrogen (secondary N) is 1. The van der Waals surface area contributed by atoms with Crippen LogP contribution in [0, 0.1) is 6.92 Å². The molecular weight excluding hydrogens is 196 g/mol. The second-order valence-corrected chi connectivity index (χ2v) is 4.65. The van der Waals surface area contributed by atoms with Crippen LogP contribution in [0.4, 0.5) is 0 Å². The Bertz CT molecular complexity index is 303. The molecule has 0 heterocycles. The third kappa shape index (κ3) is 3.32. The van der Waals surface area contributed by atoms with Crippen LogP contribution in [0.15, 0.2) is 24.3 Å². The van der Waals surface area contributed by atoms with Crippen molar-refractivity contribution >= 4 is 0 Å². The largest absolute Gasteiger partial charge is 0.309 e. The third-order valence-corrected chi connectivity index (χ3v) is 3.16. The zero-order chi connectivity index (χ0) is 12.1. The van der Waals surface area contributed by atoms with Gasteiger partial charge in [-0.15, -0.1) is 0 Å². The van der Waals surface area contributed by atoms with Crippen LogP contribution < -0.4 is 5.32 Å². The minimum Gasteiger partial charge on any atom is -0.309 e. The fourth-order valence-electron chi connectivity index (χ4n) is 1.86. The number of hydrogen-bond acceptors (Lipinski definition) is 2. The average molecular weight is 220 g/mol. The fourth-order valence-corrected chi connectivity index (χ4v) is 1.86.